The first-order valence-corrected chi connectivity index (χ1v) is 8.48. The fraction of sp³-hybridized carbons (Fsp3) is 0.118. The normalized spacial score (nSPS) is 12.3. The summed E-state index contributed by atoms with van der Waals surface area (Å²) in [5.74, 6) is -2.97. The molecule has 0 atom stereocenters. The van der Waals surface area contributed by atoms with Gasteiger partial charge in [0.15, 0.2) is 0 Å². The number of pyridine rings is 1. The maximum Gasteiger partial charge on any atom is 0.419 e. The summed E-state index contributed by atoms with van der Waals surface area (Å²) in [6.45, 7) is 0. The van der Waals surface area contributed by atoms with Gasteiger partial charge >= 0.3 is 12.4 Å². The van der Waals surface area contributed by atoms with E-state index in [-0.39, 0.29) is 17.5 Å². The molecule has 0 aliphatic rings. The number of benzene rings is 1. The van der Waals surface area contributed by atoms with Crippen LogP contribution in [0.4, 0.5) is 40.8 Å². The van der Waals surface area contributed by atoms with Gasteiger partial charge in [-0.05, 0) is 36.2 Å². The lowest BCUT2D eigenvalue weighted by Gasteiger charge is -2.11. The SMILES string of the molecule is Fc1cc(C(F)(F)F)c(F)cc1NSc1c[nH]c(-c2cc(C(F)(F)F)ccn2)c1. The first-order valence-electron chi connectivity index (χ1n) is 7.66. The van der Waals surface area contributed by atoms with Crippen molar-refractivity contribution in [3.8, 4) is 11.4 Å². The van der Waals surface area contributed by atoms with Crippen molar-refractivity contribution in [1.29, 1.82) is 0 Å². The third-order valence-electron chi connectivity index (χ3n) is 3.66. The second kappa shape index (κ2) is 7.58. The van der Waals surface area contributed by atoms with Gasteiger partial charge in [0, 0.05) is 23.4 Å². The smallest absolute Gasteiger partial charge is 0.359 e. The number of nitrogens with zero attached hydrogens (tertiary/aromatic N) is 1. The van der Waals surface area contributed by atoms with Crippen LogP contribution >= 0.6 is 11.9 Å². The molecule has 12 heteroatoms. The van der Waals surface area contributed by atoms with Crippen molar-refractivity contribution in [2.45, 2.75) is 17.2 Å². The summed E-state index contributed by atoms with van der Waals surface area (Å²) in [4.78, 5) is 6.87. The Morgan fingerprint density at radius 2 is 1.62 bits per heavy atom. The number of hydrogen-bond donors (Lipinski definition) is 2. The lowest BCUT2D eigenvalue weighted by atomic mass is 10.2. The first kappa shape index (κ1) is 21.0. The maximum absolute atomic E-state index is 13.8. The molecule has 3 nitrogen and oxygen atoms in total. The number of anilines is 1. The van der Waals surface area contributed by atoms with E-state index in [9.17, 15) is 35.1 Å². The Kier molecular flexibility index (Phi) is 5.48. The Hall–Kier alpha value is -2.76. The van der Waals surface area contributed by atoms with Crippen molar-refractivity contribution in [3.05, 3.63) is 65.5 Å². The number of aromatic amines is 1. The van der Waals surface area contributed by atoms with E-state index in [1.807, 2.05) is 0 Å². The van der Waals surface area contributed by atoms with Crippen LogP contribution in [-0.4, -0.2) is 9.97 Å². The highest BCUT2D eigenvalue weighted by Crippen LogP contribution is 2.35. The van der Waals surface area contributed by atoms with E-state index in [0.717, 1.165) is 18.3 Å². The summed E-state index contributed by atoms with van der Waals surface area (Å²) in [6, 6.07) is 3.43. The molecular weight excluding hydrogens is 430 g/mol. The van der Waals surface area contributed by atoms with E-state index >= 15 is 0 Å². The van der Waals surface area contributed by atoms with Crippen molar-refractivity contribution < 1.29 is 35.1 Å². The summed E-state index contributed by atoms with van der Waals surface area (Å²) < 4.78 is 106. The predicted octanol–water partition coefficient (Wildman–Crippen LogP) is 6.51. The number of hydrogen-bond acceptors (Lipinski definition) is 3. The molecule has 0 spiro atoms. The monoisotopic (exact) mass is 439 g/mol. The largest absolute Gasteiger partial charge is 0.419 e. The molecule has 0 amide bonds. The number of rotatable bonds is 4. The number of nitrogens with one attached hydrogen (secondary N) is 2. The van der Waals surface area contributed by atoms with Crippen molar-refractivity contribution in [1.82, 2.24) is 9.97 Å². The van der Waals surface area contributed by atoms with Gasteiger partial charge in [0.05, 0.1) is 28.2 Å². The molecular formula is C17H9F8N3S. The van der Waals surface area contributed by atoms with Crippen LogP contribution < -0.4 is 4.72 Å². The molecule has 0 fully saturated rings. The van der Waals surface area contributed by atoms with Crippen LogP contribution in [0.1, 0.15) is 11.1 Å². The highest BCUT2D eigenvalue weighted by Gasteiger charge is 2.35. The lowest BCUT2D eigenvalue weighted by molar-refractivity contribution is -0.140. The van der Waals surface area contributed by atoms with Crippen LogP contribution in [-0.2, 0) is 12.4 Å². The standard InChI is InChI=1S/C17H9F8N3S/c18-11-6-13(12(19)5-10(11)17(23,24)25)28-29-9-4-15(27-7-9)14-3-8(1-2-26-14)16(20,21)22/h1-7,27-28H. The zero-order valence-electron chi connectivity index (χ0n) is 13.9. The lowest BCUT2D eigenvalue weighted by Crippen LogP contribution is -2.09. The molecule has 0 aliphatic carbocycles. The van der Waals surface area contributed by atoms with Crippen LogP contribution in [0, 0.1) is 11.6 Å². The molecule has 0 bridgehead atoms. The Bertz CT molecular complexity index is 1030. The van der Waals surface area contributed by atoms with Crippen LogP contribution in [0.3, 0.4) is 0 Å². The Morgan fingerprint density at radius 3 is 2.28 bits per heavy atom. The zero-order valence-corrected chi connectivity index (χ0v) is 14.7. The molecule has 0 aliphatic heterocycles. The van der Waals surface area contributed by atoms with Crippen molar-refractivity contribution in [2.24, 2.45) is 0 Å². The van der Waals surface area contributed by atoms with E-state index in [1.54, 1.807) is 0 Å². The average Bonchev–Trinajstić information content (AvgIpc) is 3.09. The predicted molar refractivity (Wildman–Crippen MR) is 89.9 cm³/mol. The van der Waals surface area contributed by atoms with Gasteiger partial charge in [-0.2, -0.15) is 26.3 Å². The molecule has 0 saturated carbocycles. The minimum Gasteiger partial charge on any atom is -0.359 e. The zero-order chi connectivity index (χ0) is 21.4. The van der Waals surface area contributed by atoms with E-state index in [2.05, 4.69) is 14.7 Å². The molecule has 29 heavy (non-hydrogen) atoms. The van der Waals surface area contributed by atoms with E-state index in [0.29, 0.717) is 22.9 Å². The van der Waals surface area contributed by atoms with Gasteiger partial charge in [0.2, 0.25) is 0 Å². The highest BCUT2D eigenvalue weighted by atomic mass is 32.2. The molecule has 2 heterocycles. The van der Waals surface area contributed by atoms with Gasteiger partial charge in [-0.25, -0.2) is 8.78 Å². The van der Waals surface area contributed by atoms with E-state index in [1.165, 1.54) is 12.3 Å². The minimum absolute atomic E-state index is 0.00145. The first-order chi connectivity index (χ1) is 13.4. The number of halogens is 8. The highest BCUT2D eigenvalue weighted by molar-refractivity contribution is 8.00. The summed E-state index contributed by atoms with van der Waals surface area (Å²) >= 11 is 0.716. The quantitative estimate of drug-likeness (QED) is 0.360. The molecule has 2 aromatic heterocycles. The van der Waals surface area contributed by atoms with Gasteiger partial charge < -0.3 is 9.71 Å². The van der Waals surface area contributed by atoms with Crippen molar-refractivity contribution in [3.63, 3.8) is 0 Å². The van der Waals surface area contributed by atoms with Crippen LogP contribution in [0.15, 0.2) is 47.6 Å². The second-order valence-corrected chi connectivity index (χ2v) is 6.57. The number of alkyl halides is 6. The molecule has 154 valence electrons. The Labute approximate surface area is 162 Å². The molecule has 0 radical (unpaired) electrons. The molecule has 0 unspecified atom stereocenters. The van der Waals surface area contributed by atoms with Gasteiger partial charge in [0.25, 0.3) is 0 Å². The van der Waals surface area contributed by atoms with Gasteiger partial charge in [-0.3, -0.25) is 4.98 Å². The van der Waals surface area contributed by atoms with Crippen molar-refractivity contribution >= 4 is 17.6 Å². The third kappa shape index (κ3) is 4.81. The topological polar surface area (TPSA) is 40.7 Å². The Morgan fingerprint density at radius 1 is 0.897 bits per heavy atom. The summed E-state index contributed by atoms with van der Waals surface area (Å²) in [7, 11) is 0. The second-order valence-electron chi connectivity index (χ2n) is 5.69. The average molecular weight is 439 g/mol. The summed E-state index contributed by atoms with van der Waals surface area (Å²) in [6.07, 6.45) is -7.24. The van der Waals surface area contributed by atoms with Gasteiger partial charge in [-0.1, -0.05) is 0 Å². The molecule has 0 saturated heterocycles. The molecule has 1 aromatic carbocycles. The fourth-order valence-corrected chi connectivity index (χ4v) is 2.97. The van der Waals surface area contributed by atoms with Crippen LogP contribution in [0.2, 0.25) is 0 Å². The summed E-state index contributed by atoms with van der Waals surface area (Å²) in [5.41, 5.74) is -2.94. The van der Waals surface area contributed by atoms with Crippen LogP contribution in [0.5, 0.6) is 0 Å². The maximum atomic E-state index is 13.8. The van der Waals surface area contributed by atoms with E-state index in [4.69, 9.17) is 0 Å². The number of H-pyrrole nitrogens is 1. The Balaban J connectivity index is 1.76. The molecule has 3 aromatic rings. The van der Waals surface area contributed by atoms with Crippen molar-refractivity contribution in [2.75, 3.05) is 4.72 Å². The van der Waals surface area contributed by atoms with Gasteiger partial charge in [0.1, 0.15) is 11.6 Å². The molecule has 2 N–H and O–H groups in total. The molecule has 3 rings (SSSR count). The van der Waals surface area contributed by atoms with Gasteiger partial charge in [-0.15, -0.1) is 0 Å². The van der Waals surface area contributed by atoms with Crippen LogP contribution in [0.25, 0.3) is 11.4 Å². The fourth-order valence-electron chi connectivity index (χ4n) is 2.29. The third-order valence-corrected chi connectivity index (χ3v) is 4.45. The number of aromatic nitrogens is 2. The summed E-state index contributed by atoms with van der Waals surface area (Å²) in [5, 5.41) is 0. The van der Waals surface area contributed by atoms with E-state index < -0.39 is 40.8 Å². The minimum atomic E-state index is -5.04.